The topological polar surface area (TPSA) is 57.1 Å². The fraction of sp³-hybridized carbons (Fsp3) is 0.579. The van der Waals surface area contributed by atoms with Crippen molar-refractivity contribution in [2.45, 2.75) is 25.9 Å². The van der Waals surface area contributed by atoms with Crippen molar-refractivity contribution in [2.24, 2.45) is 0 Å². The highest BCUT2D eigenvalue weighted by Gasteiger charge is 2.32. The Morgan fingerprint density at radius 2 is 1.75 bits per heavy atom. The number of carbonyl (C=O) groups excluding carboxylic acids is 2. The summed E-state index contributed by atoms with van der Waals surface area (Å²) < 4.78 is 39.4. The van der Waals surface area contributed by atoms with Crippen molar-refractivity contribution in [2.75, 3.05) is 56.0 Å². The summed E-state index contributed by atoms with van der Waals surface area (Å²) >= 11 is 0. The van der Waals surface area contributed by atoms with Crippen LogP contribution < -0.4 is 15.1 Å². The van der Waals surface area contributed by atoms with Crippen molar-refractivity contribution in [3.63, 3.8) is 0 Å². The van der Waals surface area contributed by atoms with Crippen LogP contribution in [0.1, 0.15) is 25.3 Å². The van der Waals surface area contributed by atoms with Crippen molar-refractivity contribution >= 4 is 23.2 Å². The van der Waals surface area contributed by atoms with Gasteiger partial charge in [-0.05, 0) is 31.0 Å². The maximum absolute atomic E-state index is 13.1. The molecular formula is C19H26F3N4O2+. The van der Waals surface area contributed by atoms with Crippen LogP contribution in [-0.2, 0) is 15.8 Å². The fourth-order valence-electron chi connectivity index (χ4n) is 3.78. The molecule has 9 heteroatoms. The molecule has 0 spiro atoms. The van der Waals surface area contributed by atoms with Gasteiger partial charge in [-0.3, -0.25) is 9.59 Å². The highest BCUT2D eigenvalue weighted by Crippen LogP contribution is 2.36. The zero-order valence-electron chi connectivity index (χ0n) is 15.9. The minimum Gasteiger partial charge on any atom is -0.370 e. The van der Waals surface area contributed by atoms with Gasteiger partial charge in [0.25, 0.3) is 5.91 Å². The Morgan fingerprint density at radius 1 is 1.11 bits per heavy atom. The summed E-state index contributed by atoms with van der Waals surface area (Å²) in [6.45, 7) is 5.69. The predicted molar refractivity (Wildman–Crippen MR) is 99.3 cm³/mol. The highest BCUT2D eigenvalue weighted by atomic mass is 19.4. The van der Waals surface area contributed by atoms with Crippen LogP contribution in [0, 0.1) is 0 Å². The smallest absolute Gasteiger partial charge is 0.370 e. The first-order valence-corrected chi connectivity index (χ1v) is 9.59. The van der Waals surface area contributed by atoms with Gasteiger partial charge in [-0.25, -0.2) is 0 Å². The molecule has 0 bridgehead atoms. The number of piperazine rings is 1. The van der Waals surface area contributed by atoms with Crippen LogP contribution in [0.4, 0.5) is 24.5 Å². The molecule has 6 nitrogen and oxygen atoms in total. The number of anilines is 2. The summed E-state index contributed by atoms with van der Waals surface area (Å²) in [4.78, 5) is 28.7. The van der Waals surface area contributed by atoms with E-state index >= 15 is 0 Å². The Labute approximate surface area is 162 Å². The molecule has 2 amide bonds. The number of hydrogen-bond acceptors (Lipinski definition) is 3. The number of nitrogens with one attached hydrogen (secondary N) is 2. The van der Waals surface area contributed by atoms with Gasteiger partial charge in [0.2, 0.25) is 5.91 Å². The summed E-state index contributed by atoms with van der Waals surface area (Å²) in [5.41, 5.74) is 0.0758. The first kappa shape index (κ1) is 20.4. The molecule has 2 aliphatic rings. The van der Waals surface area contributed by atoms with Gasteiger partial charge >= 0.3 is 6.18 Å². The van der Waals surface area contributed by atoms with Crippen molar-refractivity contribution in [3.8, 4) is 0 Å². The lowest BCUT2D eigenvalue weighted by atomic mass is 10.1. The van der Waals surface area contributed by atoms with Crippen LogP contribution in [0.25, 0.3) is 0 Å². The number of amides is 2. The normalized spacial score (nSPS) is 18.4. The van der Waals surface area contributed by atoms with Crippen LogP contribution in [0.5, 0.6) is 0 Å². The van der Waals surface area contributed by atoms with Gasteiger partial charge in [-0.2, -0.15) is 13.2 Å². The van der Waals surface area contributed by atoms with E-state index in [1.807, 2.05) is 4.90 Å². The third-order valence-corrected chi connectivity index (χ3v) is 5.37. The van der Waals surface area contributed by atoms with Gasteiger partial charge in [0.15, 0.2) is 6.54 Å². The number of carbonyl (C=O) groups is 2. The van der Waals surface area contributed by atoms with Crippen molar-refractivity contribution < 1.29 is 27.7 Å². The Morgan fingerprint density at radius 3 is 2.32 bits per heavy atom. The molecule has 154 valence electrons. The third-order valence-electron chi connectivity index (χ3n) is 5.37. The average Bonchev–Trinajstić information content (AvgIpc) is 3.15. The van der Waals surface area contributed by atoms with E-state index in [2.05, 4.69) is 5.32 Å². The fourth-order valence-corrected chi connectivity index (χ4v) is 3.78. The van der Waals surface area contributed by atoms with Crippen molar-refractivity contribution in [1.29, 1.82) is 0 Å². The van der Waals surface area contributed by atoms with E-state index in [1.165, 1.54) is 13.0 Å². The molecule has 2 fully saturated rings. The van der Waals surface area contributed by atoms with Gasteiger partial charge < -0.3 is 20.0 Å². The lowest BCUT2D eigenvalue weighted by Crippen LogP contribution is -3.15. The van der Waals surface area contributed by atoms with Crippen LogP contribution in [-0.4, -0.2) is 62.5 Å². The van der Waals surface area contributed by atoms with Crippen molar-refractivity contribution in [1.82, 2.24) is 4.90 Å². The Bertz CT molecular complexity index is 724. The van der Waals surface area contributed by atoms with E-state index in [4.69, 9.17) is 0 Å². The number of nitrogens with zero attached hydrogens (tertiary/aromatic N) is 2. The van der Waals surface area contributed by atoms with Crippen LogP contribution in [0.15, 0.2) is 18.2 Å². The molecule has 2 saturated heterocycles. The first-order chi connectivity index (χ1) is 13.2. The summed E-state index contributed by atoms with van der Waals surface area (Å²) in [7, 11) is 0. The number of halogens is 3. The Balaban J connectivity index is 1.69. The highest BCUT2D eigenvalue weighted by molar-refractivity contribution is 5.95. The molecule has 3 rings (SSSR count). The van der Waals surface area contributed by atoms with Gasteiger partial charge in [0, 0.05) is 20.0 Å². The minimum atomic E-state index is -4.46. The quantitative estimate of drug-likeness (QED) is 0.794. The van der Waals surface area contributed by atoms with Crippen LogP contribution >= 0.6 is 0 Å². The molecule has 0 atom stereocenters. The zero-order valence-corrected chi connectivity index (χ0v) is 15.9. The lowest BCUT2D eigenvalue weighted by molar-refractivity contribution is -0.895. The van der Waals surface area contributed by atoms with Crippen molar-refractivity contribution in [3.05, 3.63) is 23.8 Å². The second-order valence-corrected chi connectivity index (χ2v) is 7.40. The zero-order chi connectivity index (χ0) is 20.3. The van der Waals surface area contributed by atoms with E-state index in [-0.39, 0.29) is 24.0 Å². The average molecular weight is 399 g/mol. The monoisotopic (exact) mass is 399 g/mol. The maximum atomic E-state index is 13.1. The number of rotatable bonds is 4. The van der Waals surface area contributed by atoms with Gasteiger partial charge in [0.1, 0.15) is 0 Å². The summed E-state index contributed by atoms with van der Waals surface area (Å²) in [6, 6.07) is 3.53. The molecule has 1 aromatic carbocycles. The SMILES string of the molecule is CC(=O)N1CC[NH+](CC(=O)Nc2cc(C(F)(F)F)ccc2N2CCCC2)CC1. The van der Waals surface area contributed by atoms with Crippen LogP contribution in [0.3, 0.4) is 0 Å². The second kappa shape index (κ2) is 8.38. The molecule has 2 aliphatic heterocycles. The molecule has 28 heavy (non-hydrogen) atoms. The standard InChI is InChI=1S/C19H25F3N4O2/c1-14(27)25-10-8-24(9-11-25)13-18(28)23-16-12-15(19(20,21)22)4-5-17(16)26-6-2-3-7-26/h4-5,12H,2-3,6-11,13H2,1H3,(H,23,28)/p+1. The molecule has 0 aliphatic carbocycles. The number of hydrogen-bond donors (Lipinski definition) is 2. The summed E-state index contributed by atoms with van der Waals surface area (Å²) in [6.07, 6.45) is -2.49. The second-order valence-electron chi connectivity index (χ2n) is 7.40. The van der Waals surface area contributed by atoms with E-state index in [9.17, 15) is 22.8 Å². The van der Waals surface area contributed by atoms with E-state index in [0.717, 1.165) is 43.0 Å². The van der Waals surface area contributed by atoms with Gasteiger partial charge in [0.05, 0.1) is 43.1 Å². The van der Waals surface area contributed by atoms with E-state index < -0.39 is 11.7 Å². The largest absolute Gasteiger partial charge is 0.416 e. The number of quaternary nitrogens is 1. The minimum absolute atomic E-state index is 0.0164. The molecule has 1 aromatic rings. The van der Waals surface area contributed by atoms with Crippen LogP contribution in [0.2, 0.25) is 0 Å². The third kappa shape index (κ3) is 4.95. The van der Waals surface area contributed by atoms with E-state index in [0.29, 0.717) is 31.9 Å². The van der Waals surface area contributed by atoms with Gasteiger partial charge in [-0.1, -0.05) is 0 Å². The molecule has 0 saturated carbocycles. The summed E-state index contributed by atoms with van der Waals surface area (Å²) in [5.74, 6) is -0.297. The molecule has 0 radical (unpaired) electrons. The van der Waals surface area contributed by atoms with Gasteiger partial charge in [-0.15, -0.1) is 0 Å². The van der Waals surface area contributed by atoms with E-state index in [1.54, 1.807) is 4.90 Å². The predicted octanol–water partition coefficient (Wildman–Crippen LogP) is 0.991. The molecule has 0 unspecified atom stereocenters. The number of alkyl halides is 3. The summed E-state index contributed by atoms with van der Waals surface area (Å²) in [5, 5.41) is 2.70. The molecule has 2 heterocycles. The lowest BCUT2D eigenvalue weighted by Gasteiger charge is -2.31. The Hall–Kier alpha value is -2.29. The Kier molecular flexibility index (Phi) is 6.12. The molecular weight excluding hydrogens is 373 g/mol. The molecule has 0 aromatic heterocycles. The first-order valence-electron chi connectivity index (χ1n) is 9.59. The maximum Gasteiger partial charge on any atom is 0.416 e. The number of benzene rings is 1. The molecule has 2 N–H and O–H groups in total.